The number of esters is 1. The molecular weight excluding hydrogens is 394 g/mol. The van der Waals surface area contributed by atoms with Crippen LogP contribution in [0.2, 0.25) is 0 Å². The molecule has 3 rings (SSSR count). The van der Waals surface area contributed by atoms with Crippen LogP contribution in [0.5, 0.6) is 0 Å². The average molecular weight is 413 g/mol. The molecule has 0 bridgehead atoms. The van der Waals surface area contributed by atoms with Gasteiger partial charge in [-0.15, -0.1) is 0 Å². The molecule has 1 heterocycles. The molecular formula is C20H19N3O7. The number of carbonyl (C=O) groups is 2. The fourth-order valence-corrected chi connectivity index (χ4v) is 3.31. The molecule has 0 saturated carbocycles. The van der Waals surface area contributed by atoms with Crippen molar-refractivity contribution in [2.75, 3.05) is 13.2 Å². The van der Waals surface area contributed by atoms with Crippen LogP contribution in [0.25, 0.3) is 0 Å². The normalized spacial score (nSPS) is 16.0. The van der Waals surface area contributed by atoms with Crippen molar-refractivity contribution < 1.29 is 24.2 Å². The van der Waals surface area contributed by atoms with E-state index in [0.717, 1.165) is 12.8 Å². The molecule has 1 aliphatic rings. The molecule has 0 radical (unpaired) electrons. The summed E-state index contributed by atoms with van der Waals surface area (Å²) in [6.07, 6.45) is 2.35. The fourth-order valence-electron chi connectivity index (χ4n) is 3.31. The topological polar surface area (TPSA) is 133 Å². The van der Waals surface area contributed by atoms with E-state index in [-0.39, 0.29) is 35.5 Å². The first kappa shape index (κ1) is 20.9. The Kier molecular flexibility index (Phi) is 6.35. The number of non-ortho nitro benzene ring substituents is 2. The second-order valence-corrected chi connectivity index (χ2v) is 6.85. The minimum absolute atomic E-state index is 0.00541. The van der Waals surface area contributed by atoms with Gasteiger partial charge in [-0.3, -0.25) is 25.0 Å². The average Bonchev–Trinajstić information content (AvgIpc) is 2.77. The van der Waals surface area contributed by atoms with Crippen molar-refractivity contribution in [1.29, 1.82) is 0 Å². The predicted molar refractivity (Wildman–Crippen MR) is 105 cm³/mol. The Balaban J connectivity index is 1.65. The van der Waals surface area contributed by atoms with Crippen LogP contribution >= 0.6 is 0 Å². The smallest absolute Gasteiger partial charge is 0.338 e. The molecule has 156 valence electrons. The fraction of sp³-hybridized carbons (Fsp3) is 0.300. The Hall–Kier alpha value is -3.82. The second-order valence-electron chi connectivity index (χ2n) is 6.85. The number of likely N-dealkylation sites (tertiary alicyclic amines) is 1. The molecule has 10 nitrogen and oxygen atoms in total. The van der Waals surface area contributed by atoms with Crippen LogP contribution in [0.4, 0.5) is 11.4 Å². The number of benzene rings is 2. The molecule has 0 aromatic heterocycles. The van der Waals surface area contributed by atoms with Gasteiger partial charge in [-0.1, -0.05) is 0 Å². The maximum absolute atomic E-state index is 12.9. The van der Waals surface area contributed by atoms with Gasteiger partial charge in [0.05, 0.1) is 21.5 Å². The summed E-state index contributed by atoms with van der Waals surface area (Å²) in [7, 11) is 0. The Morgan fingerprint density at radius 3 is 1.97 bits per heavy atom. The lowest BCUT2D eigenvalue weighted by Gasteiger charge is -2.35. The van der Waals surface area contributed by atoms with Crippen molar-refractivity contribution in [1.82, 2.24) is 4.90 Å². The summed E-state index contributed by atoms with van der Waals surface area (Å²) in [6.45, 7) is 0.490. The highest BCUT2D eigenvalue weighted by Gasteiger charge is 2.29. The number of amides is 1. The van der Waals surface area contributed by atoms with Crippen LogP contribution < -0.4 is 0 Å². The number of nitro groups is 2. The second kappa shape index (κ2) is 9.12. The minimum Gasteiger partial charge on any atom is -0.460 e. The quantitative estimate of drug-likeness (QED) is 0.403. The first-order valence-corrected chi connectivity index (χ1v) is 9.34. The first-order valence-electron chi connectivity index (χ1n) is 9.34. The molecule has 0 spiro atoms. The lowest BCUT2D eigenvalue weighted by Crippen LogP contribution is -2.46. The number of nitrogens with zero attached hydrogens (tertiary/aromatic N) is 3. The minimum atomic E-state index is -0.627. The lowest BCUT2D eigenvalue weighted by atomic mass is 10.0. The third-order valence-corrected chi connectivity index (χ3v) is 4.93. The van der Waals surface area contributed by atoms with Crippen LogP contribution in [0.1, 0.15) is 40.0 Å². The number of hydrogen-bond donors (Lipinski definition) is 0. The first-order chi connectivity index (χ1) is 14.4. The standard InChI is InChI=1S/C20H19N3O7/c24-19(14-4-8-16(9-5-14)22(26)27)21-12-2-1-3-18(21)13-30-20(25)15-6-10-17(11-7-15)23(28)29/h4-11,18H,1-3,12-13H2. The highest BCUT2D eigenvalue weighted by Crippen LogP contribution is 2.22. The molecule has 0 N–H and O–H groups in total. The zero-order valence-corrected chi connectivity index (χ0v) is 15.9. The van der Waals surface area contributed by atoms with Crippen LogP contribution in [0, 0.1) is 20.2 Å². The van der Waals surface area contributed by atoms with E-state index in [9.17, 15) is 29.8 Å². The summed E-state index contributed by atoms with van der Waals surface area (Å²) < 4.78 is 5.34. The van der Waals surface area contributed by atoms with E-state index in [1.165, 1.54) is 48.5 Å². The zero-order chi connectivity index (χ0) is 21.7. The van der Waals surface area contributed by atoms with E-state index >= 15 is 0 Å². The summed E-state index contributed by atoms with van der Waals surface area (Å²) in [5.74, 6) is -0.904. The number of rotatable bonds is 6. The van der Waals surface area contributed by atoms with E-state index in [2.05, 4.69) is 0 Å². The van der Waals surface area contributed by atoms with Gasteiger partial charge in [-0.2, -0.15) is 0 Å². The van der Waals surface area contributed by atoms with Gasteiger partial charge in [0, 0.05) is 36.4 Å². The van der Waals surface area contributed by atoms with Crippen molar-refractivity contribution in [2.45, 2.75) is 25.3 Å². The van der Waals surface area contributed by atoms with Crippen molar-refractivity contribution in [2.24, 2.45) is 0 Å². The monoisotopic (exact) mass is 413 g/mol. The SMILES string of the molecule is O=C(OCC1CCCCN1C(=O)c1ccc([N+](=O)[O-])cc1)c1ccc([N+](=O)[O-])cc1. The van der Waals surface area contributed by atoms with Gasteiger partial charge in [0.25, 0.3) is 17.3 Å². The van der Waals surface area contributed by atoms with Crippen LogP contribution in [0.15, 0.2) is 48.5 Å². The third kappa shape index (κ3) is 4.77. The largest absolute Gasteiger partial charge is 0.460 e. The van der Waals surface area contributed by atoms with Crippen molar-refractivity contribution in [3.63, 3.8) is 0 Å². The van der Waals surface area contributed by atoms with Crippen LogP contribution in [-0.2, 0) is 4.74 Å². The summed E-state index contributed by atoms with van der Waals surface area (Å²) in [5, 5.41) is 21.5. The Bertz CT molecular complexity index is 957. The van der Waals surface area contributed by atoms with Gasteiger partial charge in [0.1, 0.15) is 6.61 Å². The summed E-state index contributed by atoms with van der Waals surface area (Å²) in [4.78, 5) is 47.1. The molecule has 1 saturated heterocycles. The van der Waals surface area contributed by atoms with Gasteiger partial charge >= 0.3 is 5.97 Å². The van der Waals surface area contributed by atoms with E-state index < -0.39 is 15.8 Å². The van der Waals surface area contributed by atoms with Crippen LogP contribution in [-0.4, -0.2) is 45.8 Å². The van der Waals surface area contributed by atoms with Crippen molar-refractivity contribution >= 4 is 23.3 Å². The molecule has 1 fully saturated rings. The molecule has 1 atom stereocenters. The number of ether oxygens (including phenoxy) is 1. The van der Waals surface area contributed by atoms with Gasteiger partial charge < -0.3 is 9.64 Å². The van der Waals surface area contributed by atoms with E-state index in [0.29, 0.717) is 18.5 Å². The maximum Gasteiger partial charge on any atom is 0.338 e. The van der Waals surface area contributed by atoms with E-state index in [1.807, 2.05) is 0 Å². The Labute approximate surface area is 171 Å². The number of carbonyl (C=O) groups excluding carboxylic acids is 2. The number of piperidine rings is 1. The van der Waals surface area contributed by atoms with Gasteiger partial charge in [-0.05, 0) is 43.5 Å². The third-order valence-electron chi connectivity index (χ3n) is 4.93. The molecule has 10 heteroatoms. The van der Waals surface area contributed by atoms with Crippen molar-refractivity contribution in [3.05, 3.63) is 79.9 Å². The zero-order valence-electron chi connectivity index (χ0n) is 15.9. The summed E-state index contributed by atoms with van der Waals surface area (Å²) in [5.41, 5.74) is 0.288. The highest BCUT2D eigenvalue weighted by atomic mass is 16.6. The van der Waals surface area contributed by atoms with E-state index in [4.69, 9.17) is 4.74 Å². The Morgan fingerprint density at radius 2 is 1.43 bits per heavy atom. The van der Waals surface area contributed by atoms with E-state index in [1.54, 1.807) is 4.90 Å². The van der Waals surface area contributed by atoms with Crippen LogP contribution in [0.3, 0.4) is 0 Å². The Morgan fingerprint density at radius 1 is 0.900 bits per heavy atom. The molecule has 0 aliphatic carbocycles. The van der Waals surface area contributed by atoms with Gasteiger partial charge in [0.2, 0.25) is 0 Å². The van der Waals surface area contributed by atoms with Gasteiger partial charge in [0.15, 0.2) is 0 Å². The molecule has 2 aromatic rings. The highest BCUT2D eigenvalue weighted by molar-refractivity contribution is 5.95. The molecule has 1 aliphatic heterocycles. The van der Waals surface area contributed by atoms with Gasteiger partial charge in [-0.25, -0.2) is 4.79 Å². The molecule has 1 amide bonds. The number of nitro benzene ring substituents is 2. The summed E-state index contributed by atoms with van der Waals surface area (Å²) >= 11 is 0. The number of hydrogen-bond acceptors (Lipinski definition) is 7. The molecule has 1 unspecified atom stereocenters. The molecule has 2 aromatic carbocycles. The maximum atomic E-state index is 12.9. The summed E-state index contributed by atoms with van der Waals surface area (Å²) in [6, 6.07) is 10.2. The lowest BCUT2D eigenvalue weighted by molar-refractivity contribution is -0.385. The van der Waals surface area contributed by atoms with Crippen molar-refractivity contribution in [3.8, 4) is 0 Å². The molecule has 30 heavy (non-hydrogen) atoms. The predicted octanol–water partition coefficient (Wildman–Crippen LogP) is 3.35.